The van der Waals surface area contributed by atoms with Crippen LogP contribution in [0.15, 0.2) is 30.6 Å². The van der Waals surface area contributed by atoms with Crippen molar-refractivity contribution in [3.05, 3.63) is 30.6 Å². The summed E-state index contributed by atoms with van der Waals surface area (Å²) in [4.78, 5) is 6.53. The van der Waals surface area contributed by atoms with Crippen LogP contribution in [0.5, 0.6) is 0 Å². The summed E-state index contributed by atoms with van der Waals surface area (Å²) in [6, 6.07) is 6.56. The molecule has 1 aromatic carbocycles. The predicted molar refractivity (Wildman–Crippen MR) is 78.9 cm³/mol. The quantitative estimate of drug-likeness (QED) is 0.836. The van der Waals surface area contributed by atoms with Crippen LogP contribution in [-0.4, -0.2) is 18.1 Å². The minimum Gasteiger partial charge on any atom is -0.398 e. The molecule has 0 saturated heterocycles. The molecule has 0 saturated carbocycles. The van der Waals surface area contributed by atoms with Gasteiger partial charge in [0.1, 0.15) is 0 Å². The zero-order valence-corrected chi connectivity index (χ0v) is 11.4. The monoisotopic (exact) mass is 243 g/mol. The van der Waals surface area contributed by atoms with Crippen LogP contribution < -0.4 is 10.6 Å². The van der Waals surface area contributed by atoms with Gasteiger partial charge in [0.05, 0.1) is 0 Å². The van der Waals surface area contributed by atoms with E-state index in [2.05, 4.69) is 36.8 Å². The summed E-state index contributed by atoms with van der Waals surface area (Å²) in [6.45, 7) is 4.47. The number of nitrogen functional groups attached to an aromatic ring is 1. The Bertz CT molecular complexity index is 536. The summed E-state index contributed by atoms with van der Waals surface area (Å²) in [7, 11) is 2.14. The van der Waals surface area contributed by atoms with E-state index in [9.17, 15) is 0 Å². The number of hydrogen-bond donors (Lipinski definition) is 1. The molecule has 1 unspecified atom stereocenters. The Hall–Kier alpha value is -1.77. The smallest absolute Gasteiger partial charge is 0.0462 e. The average molecular weight is 243 g/mol. The highest BCUT2D eigenvalue weighted by atomic mass is 15.1. The Labute approximate surface area is 109 Å². The van der Waals surface area contributed by atoms with Crippen LogP contribution in [-0.2, 0) is 0 Å². The number of hydrogen-bond acceptors (Lipinski definition) is 3. The number of nitrogens with two attached hydrogens (primary N) is 1. The number of aromatic nitrogens is 1. The lowest BCUT2D eigenvalue weighted by molar-refractivity contribution is 0.617. The lowest BCUT2D eigenvalue weighted by atomic mass is 10.1. The summed E-state index contributed by atoms with van der Waals surface area (Å²) in [6.07, 6.45) is 6.06. The molecular formula is C15H21N3. The molecule has 1 aromatic heterocycles. The normalized spacial score (nSPS) is 12.6. The van der Waals surface area contributed by atoms with Crippen LogP contribution in [0.2, 0.25) is 0 Å². The van der Waals surface area contributed by atoms with E-state index in [-0.39, 0.29) is 0 Å². The molecule has 0 amide bonds. The molecule has 0 fully saturated rings. The first kappa shape index (κ1) is 12.7. The van der Waals surface area contributed by atoms with Crippen molar-refractivity contribution in [2.45, 2.75) is 32.7 Å². The van der Waals surface area contributed by atoms with Crippen molar-refractivity contribution < 1.29 is 0 Å². The minimum absolute atomic E-state index is 0.516. The lowest BCUT2D eigenvalue weighted by Crippen LogP contribution is -2.28. The summed E-state index contributed by atoms with van der Waals surface area (Å²) in [5.74, 6) is 0. The molecule has 3 heteroatoms. The Balaban J connectivity index is 2.48. The van der Waals surface area contributed by atoms with Crippen LogP contribution in [0, 0.1) is 0 Å². The molecule has 96 valence electrons. The van der Waals surface area contributed by atoms with Crippen LogP contribution in [0.3, 0.4) is 0 Å². The lowest BCUT2D eigenvalue weighted by Gasteiger charge is -2.28. The molecule has 1 heterocycles. The maximum atomic E-state index is 6.01. The van der Waals surface area contributed by atoms with Gasteiger partial charge in [0.15, 0.2) is 0 Å². The number of benzene rings is 1. The summed E-state index contributed by atoms with van der Waals surface area (Å²) in [5, 5.41) is 2.21. The topological polar surface area (TPSA) is 42.1 Å². The number of pyridine rings is 1. The highest BCUT2D eigenvalue weighted by molar-refractivity contribution is 6.00. The average Bonchev–Trinajstić information content (AvgIpc) is 2.39. The number of fused-ring (bicyclic) bond motifs is 1. The van der Waals surface area contributed by atoms with E-state index in [0.717, 1.165) is 16.5 Å². The van der Waals surface area contributed by atoms with Gasteiger partial charge in [0.2, 0.25) is 0 Å². The molecule has 0 radical (unpaired) electrons. The molecule has 1 atom stereocenters. The number of nitrogens with zero attached hydrogens (tertiary/aromatic N) is 2. The van der Waals surface area contributed by atoms with Crippen LogP contribution >= 0.6 is 0 Å². The van der Waals surface area contributed by atoms with Gasteiger partial charge in [-0.2, -0.15) is 0 Å². The molecule has 2 rings (SSSR count). The highest BCUT2D eigenvalue weighted by Gasteiger charge is 2.13. The number of anilines is 2. The van der Waals surface area contributed by atoms with Gasteiger partial charge in [-0.1, -0.05) is 13.3 Å². The van der Waals surface area contributed by atoms with E-state index < -0.39 is 0 Å². The third kappa shape index (κ3) is 2.26. The zero-order chi connectivity index (χ0) is 13.1. The Morgan fingerprint density at radius 1 is 1.28 bits per heavy atom. The fourth-order valence-electron chi connectivity index (χ4n) is 2.35. The zero-order valence-electron chi connectivity index (χ0n) is 11.4. The Morgan fingerprint density at radius 3 is 2.78 bits per heavy atom. The molecule has 2 aromatic rings. The Kier molecular flexibility index (Phi) is 3.70. The van der Waals surface area contributed by atoms with E-state index in [0.29, 0.717) is 6.04 Å². The summed E-state index contributed by atoms with van der Waals surface area (Å²) < 4.78 is 0. The first-order valence-electron chi connectivity index (χ1n) is 6.50. The third-order valence-electron chi connectivity index (χ3n) is 3.58. The van der Waals surface area contributed by atoms with Gasteiger partial charge in [-0.15, -0.1) is 0 Å². The van der Waals surface area contributed by atoms with Crippen molar-refractivity contribution in [2.75, 3.05) is 17.7 Å². The fraction of sp³-hybridized carbons (Fsp3) is 0.400. The van der Waals surface area contributed by atoms with Gasteiger partial charge in [-0.25, -0.2) is 0 Å². The Morgan fingerprint density at radius 2 is 2.06 bits per heavy atom. The van der Waals surface area contributed by atoms with Gasteiger partial charge >= 0.3 is 0 Å². The first-order chi connectivity index (χ1) is 8.65. The molecule has 2 N–H and O–H groups in total. The standard InChI is InChI=1S/C15H21N3/c1-4-5-11(2)18(3)15-7-6-14(16)12-8-9-17-10-13(12)15/h6-11H,4-5,16H2,1-3H3. The molecule has 0 spiro atoms. The molecular weight excluding hydrogens is 222 g/mol. The van der Waals surface area contributed by atoms with E-state index in [1.54, 1.807) is 6.20 Å². The number of rotatable bonds is 4. The van der Waals surface area contributed by atoms with Crippen molar-refractivity contribution in [1.82, 2.24) is 4.98 Å². The summed E-state index contributed by atoms with van der Waals surface area (Å²) >= 11 is 0. The minimum atomic E-state index is 0.516. The fourth-order valence-corrected chi connectivity index (χ4v) is 2.35. The van der Waals surface area contributed by atoms with Crippen LogP contribution in [0.4, 0.5) is 11.4 Å². The second kappa shape index (κ2) is 5.25. The van der Waals surface area contributed by atoms with Gasteiger partial charge in [-0.05, 0) is 31.5 Å². The second-order valence-corrected chi connectivity index (χ2v) is 4.84. The molecule has 0 bridgehead atoms. The highest BCUT2D eigenvalue weighted by Crippen LogP contribution is 2.30. The van der Waals surface area contributed by atoms with Gasteiger partial charge in [-0.3, -0.25) is 4.98 Å². The van der Waals surface area contributed by atoms with E-state index >= 15 is 0 Å². The molecule has 18 heavy (non-hydrogen) atoms. The SMILES string of the molecule is CCCC(C)N(C)c1ccc(N)c2ccncc12. The van der Waals surface area contributed by atoms with Crippen molar-refractivity contribution in [3.8, 4) is 0 Å². The van der Waals surface area contributed by atoms with Crippen LogP contribution in [0.25, 0.3) is 10.8 Å². The third-order valence-corrected chi connectivity index (χ3v) is 3.58. The predicted octanol–water partition coefficient (Wildman–Crippen LogP) is 3.44. The maximum absolute atomic E-state index is 6.01. The maximum Gasteiger partial charge on any atom is 0.0462 e. The van der Waals surface area contributed by atoms with E-state index in [1.165, 1.54) is 18.5 Å². The molecule has 0 aliphatic rings. The van der Waals surface area contributed by atoms with Gasteiger partial charge in [0.25, 0.3) is 0 Å². The molecule has 0 aliphatic heterocycles. The largest absolute Gasteiger partial charge is 0.398 e. The first-order valence-corrected chi connectivity index (χ1v) is 6.50. The van der Waals surface area contributed by atoms with Crippen molar-refractivity contribution in [2.24, 2.45) is 0 Å². The van der Waals surface area contributed by atoms with E-state index in [4.69, 9.17) is 5.73 Å². The molecule has 3 nitrogen and oxygen atoms in total. The van der Waals surface area contributed by atoms with Crippen molar-refractivity contribution in [3.63, 3.8) is 0 Å². The van der Waals surface area contributed by atoms with E-state index in [1.807, 2.05) is 18.3 Å². The van der Waals surface area contributed by atoms with Crippen LogP contribution in [0.1, 0.15) is 26.7 Å². The van der Waals surface area contributed by atoms with Gasteiger partial charge < -0.3 is 10.6 Å². The van der Waals surface area contributed by atoms with Crippen molar-refractivity contribution in [1.29, 1.82) is 0 Å². The second-order valence-electron chi connectivity index (χ2n) is 4.84. The molecule has 0 aliphatic carbocycles. The van der Waals surface area contributed by atoms with Crippen molar-refractivity contribution >= 4 is 22.1 Å². The summed E-state index contributed by atoms with van der Waals surface area (Å²) in [5.41, 5.74) is 8.03. The van der Waals surface area contributed by atoms with Gasteiger partial charge in [0, 0.05) is 47.6 Å².